The smallest absolute Gasteiger partial charge is 0.292 e. The van der Waals surface area contributed by atoms with Gasteiger partial charge >= 0.3 is 0 Å². The van der Waals surface area contributed by atoms with Crippen LogP contribution in [0.1, 0.15) is 41.4 Å². The van der Waals surface area contributed by atoms with Gasteiger partial charge in [-0.25, -0.2) is 4.98 Å². The molecule has 2 aromatic rings. The van der Waals surface area contributed by atoms with Gasteiger partial charge in [-0.3, -0.25) is 9.69 Å². The van der Waals surface area contributed by atoms with E-state index < -0.39 is 0 Å². The Bertz CT molecular complexity index is 771. The first-order chi connectivity index (χ1) is 12.2. The number of hydrogen-bond acceptors (Lipinski definition) is 6. The second kappa shape index (κ2) is 6.40. The number of nitrogen functional groups attached to an aromatic ring is 1. The van der Waals surface area contributed by atoms with Gasteiger partial charge in [-0.2, -0.15) is 0 Å². The molecular weight excluding hydrogens is 320 g/mol. The van der Waals surface area contributed by atoms with E-state index in [9.17, 15) is 4.79 Å². The van der Waals surface area contributed by atoms with Crippen molar-refractivity contribution in [1.82, 2.24) is 15.2 Å². The number of rotatable bonds is 5. The van der Waals surface area contributed by atoms with E-state index in [2.05, 4.69) is 27.3 Å². The molecule has 7 nitrogen and oxygen atoms in total. The predicted molar refractivity (Wildman–Crippen MR) is 92.2 cm³/mol. The fourth-order valence-corrected chi connectivity index (χ4v) is 3.66. The molecule has 7 heteroatoms. The minimum Gasteiger partial charge on any atom is -0.497 e. The maximum Gasteiger partial charge on any atom is 0.292 e. The molecule has 1 aromatic carbocycles. The Hall–Kier alpha value is -2.54. The van der Waals surface area contributed by atoms with Crippen LogP contribution in [0.3, 0.4) is 0 Å². The number of oxazole rings is 1. The molecule has 2 heterocycles. The molecule has 4 rings (SSSR count). The standard InChI is InChI=1S/C18H22N4O3/c1-24-13-4-2-3-11(9-13)16-14(7-8-22(16)12-5-6-12)21-17(23)15-10-20-18(19)25-15/h2-4,9-10,12,14,16H,5-8H2,1H3,(H2,19,20)(H,21,23)/t14-,16+/m0/s1. The summed E-state index contributed by atoms with van der Waals surface area (Å²) in [5.41, 5.74) is 6.62. The van der Waals surface area contributed by atoms with Gasteiger partial charge in [0.05, 0.1) is 25.4 Å². The lowest BCUT2D eigenvalue weighted by Crippen LogP contribution is -2.40. The zero-order valence-corrected chi connectivity index (χ0v) is 14.1. The van der Waals surface area contributed by atoms with Crippen molar-refractivity contribution < 1.29 is 13.9 Å². The molecule has 2 fully saturated rings. The van der Waals surface area contributed by atoms with Crippen LogP contribution in [0.4, 0.5) is 6.01 Å². The summed E-state index contributed by atoms with van der Waals surface area (Å²) in [7, 11) is 1.67. The molecule has 2 atom stereocenters. The second-order valence-electron chi connectivity index (χ2n) is 6.62. The normalized spacial score (nSPS) is 23.6. The first kappa shape index (κ1) is 16.0. The molecule has 25 heavy (non-hydrogen) atoms. The van der Waals surface area contributed by atoms with E-state index in [1.165, 1.54) is 19.0 Å². The Morgan fingerprint density at radius 2 is 2.24 bits per heavy atom. The third-order valence-corrected chi connectivity index (χ3v) is 4.95. The predicted octanol–water partition coefficient (Wildman–Crippen LogP) is 1.97. The highest BCUT2D eigenvalue weighted by Crippen LogP contribution is 2.41. The molecule has 132 valence electrons. The van der Waals surface area contributed by atoms with E-state index in [0.29, 0.717) is 6.04 Å². The third-order valence-electron chi connectivity index (χ3n) is 4.95. The van der Waals surface area contributed by atoms with Crippen LogP contribution in [0.15, 0.2) is 34.9 Å². The second-order valence-corrected chi connectivity index (χ2v) is 6.62. The number of amides is 1. The molecular formula is C18H22N4O3. The zero-order valence-electron chi connectivity index (χ0n) is 14.1. The first-order valence-corrected chi connectivity index (χ1v) is 8.57. The van der Waals surface area contributed by atoms with Gasteiger partial charge in [-0.05, 0) is 37.0 Å². The van der Waals surface area contributed by atoms with Gasteiger partial charge in [-0.15, -0.1) is 0 Å². The monoisotopic (exact) mass is 342 g/mol. The Labute approximate surface area is 146 Å². The van der Waals surface area contributed by atoms with E-state index >= 15 is 0 Å². The highest BCUT2D eigenvalue weighted by molar-refractivity contribution is 5.91. The van der Waals surface area contributed by atoms with Crippen molar-refractivity contribution in [2.45, 2.75) is 37.4 Å². The van der Waals surface area contributed by atoms with Gasteiger partial charge in [0.25, 0.3) is 11.9 Å². The van der Waals surface area contributed by atoms with Crippen LogP contribution >= 0.6 is 0 Å². The molecule has 1 saturated heterocycles. The summed E-state index contributed by atoms with van der Waals surface area (Å²) >= 11 is 0. The Morgan fingerprint density at radius 3 is 2.92 bits per heavy atom. The Kier molecular flexibility index (Phi) is 4.09. The van der Waals surface area contributed by atoms with Crippen molar-refractivity contribution in [3.63, 3.8) is 0 Å². The molecule has 0 bridgehead atoms. The van der Waals surface area contributed by atoms with Crippen molar-refractivity contribution in [1.29, 1.82) is 0 Å². The number of nitrogens with two attached hydrogens (primary N) is 1. The van der Waals surface area contributed by atoms with E-state index in [1.54, 1.807) is 7.11 Å². The molecule has 1 aliphatic carbocycles. The number of carbonyl (C=O) groups excluding carboxylic acids is 1. The van der Waals surface area contributed by atoms with Crippen LogP contribution < -0.4 is 15.8 Å². The molecule has 0 radical (unpaired) electrons. The van der Waals surface area contributed by atoms with Crippen molar-refractivity contribution in [2.24, 2.45) is 0 Å². The first-order valence-electron chi connectivity index (χ1n) is 8.57. The molecule has 1 aliphatic heterocycles. The number of ether oxygens (including phenoxy) is 1. The van der Waals surface area contributed by atoms with Gasteiger partial charge in [0.15, 0.2) is 0 Å². The summed E-state index contributed by atoms with van der Waals surface area (Å²) in [6.45, 7) is 0.968. The summed E-state index contributed by atoms with van der Waals surface area (Å²) in [5, 5.41) is 3.10. The fraction of sp³-hybridized carbons (Fsp3) is 0.444. The number of methoxy groups -OCH3 is 1. The number of likely N-dealkylation sites (tertiary alicyclic amines) is 1. The number of carbonyl (C=O) groups is 1. The van der Waals surface area contributed by atoms with E-state index in [1.807, 2.05) is 12.1 Å². The number of hydrogen-bond donors (Lipinski definition) is 2. The van der Waals surface area contributed by atoms with Gasteiger partial charge in [0.1, 0.15) is 5.75 Å². The molecule has 3 N–H and O–H groups in total. The lowest BCUT2D eigenvalue weighted by molar-refractivity contribution is 0.0896. The van der Waals surface area contributed by atoms with Gasteiger partial charge in [0, 0.05) is 12.6 Å². The van der Waals surface area contributed by atoms with E-state index in [4.69, 9.17) is 14.9 Å². The number of nitrogens with zero attached hydrogens (tertiary/aromatic N) is 2. The largest absolute Gasteiger partial charge is 0.497 e. The summed E-state index contributed by atoms with van der Waals surface area (Å²) in [6.07, 6.45) is 4.70. The maximum atomic E-state index is 12.5. The summed E-state index contributed by atoms with van der Waals surface area (Å²) in [6, 6.07) is 8.83. The third kappa shape index (κ3) is 3.19. The molecule has 1 saturated carbocycles. The molecule has 2 aliphatic rings. The average molecular weight is 342 g/mol. The maximum absolute atomic E-state index is 12.5. The quantitative estimate of drug-likeness (QED) is 0.863. The SMILES string of the molecule is COc1cccc([C@@H]2[C@@H](NC(=O)c3cnc(N)o3)CCN2C2CC2)c1. The van der Waals surface area contributed by atoms with Gasteiger partial charge in [0.2, 0.25) is 5.76 Å². The van der Waals surface area contributed by atoms with Crippen molar-refractivity contribution in [3.8, 4) is 5.75 Å². The number of benzene rings is 1. The number of anilines is 1. The molecule has 0 spiro atoms. The summed E-state index contributed by atoms with van der Waals surface area (Å²) in [4.78, 5) is 18.7. The minimum absolute atomic E-state index is 0.000486. The van der Waals surface area contributed by atoms with Crippen molar-refractivity contribution >= 4 is 11.9 Å². The number of nitrogens with one attached hydrogen (secondary N) is 1. The minimum atomic E-state index is -0.278. The Balaban J connectivity index is 1.58. The van der Waals surface area contributed by atoms with Crippen LogP contribution in [0.2, 0.25) is 0 Å². The topological polar surface area (TPSA) is 93.6 Å². The zero-order chi connectivity index (χ0) is 17.4. The van der Waals surface area contributed by atoms with Crippen LogP contribution in [-0.2, 0) is 0 Å². The van der Waals surface area contributed by atoms with Gasteiger partial charge in [-0.1, -0.05) is 12.1 Å². The Morgan fingerprint density at radius 1 is 1.40 bits per heavy atom. The molecule has 1 amide bonds. The summed E-state index contributed by atoms with van der Waals surface area (Å²) in [5.74, 6) is 0.694. The van der Waals surface area contributed by atoms with E-state index in [0.717, 1.165) is 24.3 Å². The van der Waals surface area contributed by atoms with Crippen molar-refractivity contribution in [3.05, 3.63) is 41.8 Å². The van der Waals surface area contributed by atoms with Gasteiger partial charge < -0.3 is 20.2 Å². The number of aromatic nitrogens is 1. The van der Waals surface area contributed by atoms with Crippen LogP contribution in [0.25, 0.3) is 0 Å². The molecule has 0 unspecified atom stereocenters. The average Bonchev–Trinajstić information content (AvgIpc) is 3.24. The van der Waals surface area contributed by atoms with E-state index in [-0.39, 0.29) is 29.8 Å². The molecule has 1 aromatic heterocycles. The highest BCUT2D eigenvalue weighted by Gasteiger charge is 2.43. The summed E-state index contributed by atoms with van der Waals surface area (Å²) < 4.78 is 10.5. The van der Waals surface area contributed by atoms with Crippen molar-refractivity contribution in [2.75, 3.05) is 19.4 Å². The fourth-order valence-electron chi connectivity index (χ4n) is 3.66. The highest BCUT2D eigenvalue weighted by atomic mass is 16.5. The lowest BCUT2D eigenvalue weighted by atomic mass is 9.99. The van der Waals surface area contributed by atoms with Crippen LogP contribution in [0, 0.1) is 0 Å². The lowest BCUT2D eigenvalue weighted by Gasteiger charge is -2.29. The van der Waals surface area contributed by atoms with Crippen LogP contribution in [0.5, 0.6) is 5.75 Å². The van der Waals surface area contributed by atoms with Crippen LogP contribution in [-0.4, -0.2) is 41.5 Å².